The van der Waals surface area contributed by atoms with Gasteiger partial charge in [0.05, 0.1) is 10.9 Å². The molecule has 2 aliphatic rings. The molecule has 2 aliphatic heterocycles. The van der Waals surface area contributed by atoms with Gasteiger partial charge in [0.2, 0.25) is 0 Å². The first kappa shape index (κ1) is 9.41. The number of nitrogens with zero attached hydrogens (tertiary/aromatic N) is 3. The van der Waals surface area contributed by atoms with Crippen LogP contribution in [-0.4, -0.2) is 40.1 Å². The van der Waals surface area contributed by atoms with Gasteiger partial charge in [0.15, 0.2) is 0 Å². The lowest BCUT2D eigenvalue weighted by Gasteiger charge is -2.49. The van der Waals surface area contributed by atoms with Gasteiger partial charge in [-0.25, -0.2) is 9.97 Å². The lowest BCUT2D eigenvalue weighted by Crippen LogP contribution is -2.67. The maximum absolute atomic E-state index is 4.42. The normalized spacial score (nSPS) is 22.2. The number of rotatable bonds is 1. The highest BCUT2D eigenvalue weighted by atomic mass is 15.3. The molecule has 2 aromatic rings. The van der Waals surface area contributed by atoms with E-state index >= 15 is 0 Å². The summed E-state index contributed by atoms with van der Waals surface area (Å²) in [6.07, 6.45) is 6.16. The van der Waals surface area contributed by atoms with E-state index in [9.17, 15) is 0 Å². The Bertz CT molecular complexity index is 547. The second kappa shape index (κ2) is 3.20. The van der Waals surface area contributed by atoms with Crippen LogP contribution in [0.1, 0.15) is 12.8 Å². The smallest absolute Gasteiger partial charge is 0.142 e. The van der Waals surface area contributed by atoms with Crippen LogP contribution in [0.15, 0.2) is 18.6 Å². The zero-order chi connectivity index (χ0) is 11.3. The van der Waals surface area contributed by atoms with Crippen LogP contribution < -0.4 is 10.2 Å². The van der Waals surface area contributed by atoms with Gasteiger partial charge in [-0.3, -0.25) is 0 Å². The number of nitrogens with one attached hydrogen (secondary N) is 2. The lowest BCUT2D eigenvalue weighted by atomic mass is 9.88. The summed E-state index contributed by atoms with van der Waals surface area (Å²) in [6.45, 7) is 3.31. The largest absolute Gasteiger partial charge is 0.352 e. The van der Waals surface area contributed by atoms with Gasteiger partial charge in [0, 0.05) is 19.3 Å². The Kier molecular flexibility index (Phi) is 1.77. The molecule has 2 N–H and O–H groups in total. The molecule has 88 valence electrons. The van der Waals surface area contributed by atoms with Crippen LogP contribution in [0.25, 0.3) is 11.0 Å². The summed E-state index contributed by atoms with van der Waals surface area (Å²) in [5.41, 5.74) is 1.29. The lowest BCUT2D eigenvalue weighted by molar-refractivity contribution is 0.293. The molecule has 0 bridgehead atoms. The van der Waals surface area contributed by atoms with E-state index in [4.69, 9.17) is 0 Å². The van der Waals surface area contributed by atoms with Gasteiger partial charge < -0.3 is 15.2 Å². The van der Waals surface area contributed by atoms with E-state index in [1.165, 1.54) is 12.8 Å². The van der Waals surface area contributed by atoms with Crippen LogP contribution in [0.3, 0.4) is 0 Å². The van der Waals surface area contributed by atoms with Gasteiger partial charge in [0.25, 0.3) is 0 Å². The molecule has 17 heavy (non-hydrogen) atoms. The number of fused-ring (bicyclic) bond motifs is 1. The number of anilines is 1. The van der Waals surface area contributed by atoms with Crippen LogP contribution >= 0.6 is 0 Å². The molecule has 0 aromatic carbocycles. The molecule has 1 spiro atoms. The Morgan fingerprint density at radius 1 is 1.29 bits per heavy atom. The Labute approximate surface area is 99.2 Å². The van der Waals surface area contributed by atoms with Crippen molar-refractivity contribution in [2.75, 3.05) is 24.5 Å². The molecule has 5 nitrogen and oxygen atoms in total. The number of hydrogen-bond donors (Lipinski definition) is 2. The monoisotopic (exact) mass is 229 g/mol. The highest BCUT2D eigenvalue weighted by Gasteiger charge is 2.45. The van der Waals surface area contributed by atoms with Crippen LogP contribution in [0.4, 0.5) is 5.82 Å². The molecule has 2 aromatic heterocycles. The van der Waals surface area contributed by atoms with Gasteiger partial charge in [0.1, 0.15) is 17.8 Å². The predicted octanol–water partition coefficient (Wildman–Crippen LogP) is 0.900. The van der Waals surface area contributed by atoms with E-state index < -0.39 is 0 Å². The Morgan fingerprint density at radius 2 is 2.24 bits per heavy atom. The maximum Gasteiger partial charge on any atom is 0.142 e. The van der Waals surface area contributed by atoms with Crippen LogP contribution in [-0.2, 0) is 0 Å². The fourth-order valence-corrected chi connectivity index (χ4v) is 3.08. The third-order valence-corrected chi connectivity index (χ3v) is 3.95. The fourth-order valence-electron chi connectivity index (χ4n) is 3.08. The van der Waals surface area contributed by atoms with Crippen LogP contribution in [0.2, 0.25) is 0 Å². The third-order valence-electron chi connectivity index (χ3n) is 3.95. The van der Waals surface area contributed by atoms with E-state index in [0.717, 1.165) is 36.5 Å². The number of hydrogen-bond acceptors (Lipinski definition) is 4. The quantitative estimate of drug-likeness (QED) is 0.763. The molecule has 0 amide bonds. The maximum atomic E-state index is 4.42. The molecule has 0 saturated carbocycles. The van der Waals surface area contributed by atoms with Crippen molar-refractivity contribution in [3.8, 4) is 0 Å². The first-order chi connectivity index (χ1) is 8.36. The molecule has 4 heterocycles. The molecular weight excluding hydrogens is 214 g/mol. The SMILES string of the molecule is c1nc(N2CC3(CCCN3)C2)c2cc[nH]c2n1. The van der Waals surface area contributed by atoms with Crippen molar-refractivity contribution in [1.29, 1.82) is 0 Å². The zero-order valence-corrected chi connectivity index (χ0v) is 9.61. The average Bonchev–Trinajstić information content (AvgIpc) is 2.95. The molecular formula is C12H15N5. The Morgan fingerprint density at radius 3 is 3.06 bits per heavy atom. The Hall–Kier alpha value is -1.62. The van der Waals surface area contributed by atoms with Crippen molar-refractivity contribution in [2.24, 2.45) is 0 Å². The van der Waals surface area contributed by atoms with Gasteiger partial charge in [-0.15, -0.1) is 0 Å². The van der Waals surface area contributed by atoms with Gasteiger partial charge in [-0.1, -0.05) is 0 Å². The second-order valence-corrected chi connectivity index (χ2v) is 5.10. The van der Waals surface area contributed by atoms with Crippen molar-refractivity contribution >= 4 is 16.9 Å². The summed E-state index contributed by atoms with van der Waals surface area (Å²) in [6, 6.07) is 2.05. The fraction of sp³-hybridized carbons (Fsp3) is 0.500. The highest BCUT2D eigenvalue weighted by Crippen LogP contribution is 2.35. The molecule has 0 aliphatic carbocycles. The van der Waals surface area contributed by atoms with E-state index in [-0.39, 0.29) is 0 Å². The van der Waals surface area contributed by atoms with Crippen LogP contribution in [0.5, 0.6) is 0 Å². The molecule has 5 heteroatoms. The number of aromatic amines is 1. The van der Waals surface area contributed by atoms with E-state index in [2.05, 4.69) is 31.2 Å². The van der Waals surface area contributed by atoms with Crippen molar-refractivity contribution < 1.29 is 0 Å². The Balaban J connectivity index is 1.66. The number of aromatic nitrogens is 3. The van der Waals surface area contributed by atoms with Gasteiger partial charge >= 0.3 is 0 Å². The third kappa shape index (κ3) is 1.29. The summed E-state index contributed by atoms with van der Waals surface area (Å²) >= 11 is 0. The molecule has 2 fully saturated rings. The average molecular weight is 229 g/mol. The van der Waals surface area contributed by atoms with E-state index in [0.29, 0.717) is 5.54 Å². The minimum Gasteiger partial charge on any atom is -0.352 e. The van der Waals surface area contributed by atoms with E-state index in [1.807, 2.05) is 6.20 Å². The summed E-state index contributed by atoms with van der Waals surface area (Å²) in [5, 5.41) is 4.74. The van der Waals surface area contributed by atoms with Crippen molar-refractivity contribution in [1.82, 2.24) is 20.3 Å². The molecule has 0 atom stereocenters. The highest BCUT2D eigenvalue weighted by molar-refractivity contribution is 5.87. The van der Waals surface area contributed by atoms with Crippen molar-refractivity contribution in [3.05, 3.63) is 18.6 Å². The summed E-state index contributed by atoms with van der Waals surface area (Å²) in [4.78, 5) is 14.1. The van der Waals surface area contributed by atoms with Gasteiger partial charge in [-0.05, 0) is 25.5 Å². The van der Waals surface area contributed by atoms with Crippen molar-refractivity contribution in [3.63, 3.8) is 0 Å². The number of H-pyrrole nitrogens is 1. The predicted molar refractivity (Wildman–Crippen MR) is 66.1 cm³/mol. The molecule has 4 rings (SSSR count). The minimum atomic E-state index is 0.369. The van der Waals surface area contributed by atoms with Gasteiger partial charge in [-0.2, -0.15) is 0 Å². The first-order valence-corrected chi connectivity index (χ1v) is 6.14. The molecule has 2 saturated heterocycles. The topological polar surface area (TPSA) is 56.8 Å². The first-order valence-electron chi connectivity index (χ1n) is 6.14. The van der Waals surface area contributed by atoms with E-state index in [1.54, 1.807) is 6.33 Å². The molecule has 0 radical (unpaired) electrons. The van der Waals surface area contributed by atoms with Crippen LogP contribution in [0, 0.1) is 0 Å². The summed E-state index contributed by atoms with van der Waals surface area (Å²) in [7, 11) is 0. The second-order valence-electron chi connectivity index (χ2n) is 5.10. The van der Waals surface area contributed by atoms with Crippen molar-refractivity contribution in [2.45, 2.75) is 18.4 Å². The standard InChI is InChI=1S/C12H15N5/c1-3-12(16-4-1)6-17(7-12)11-9-2-5-13-10(9)14-8-15-11/h2,5,8,16H,1,3-4,6-7H2,(H,13,14,15). The minimum absolute atomic E-state index is 0.369. The molecule has 0 unspecified atom stereocenters. The summed E-state index contributed by atoms with van der Waals surface area (Å²) < 4.78 is 0. The summed E-state index contributed by atoms with van der Waals surface area (Å²) in [5.74, 6) is 1.07. The zero-order valence-electron chi connectivity index (χ0n) is 9.61.